The van der Waals surface area contributed by atoms with Gasteiger partial charge in [-0.1, -0.05) is 24.3 Å². The fraction of sp³-hybridized carbons (Fsp3) is 0.318. The van der Waals surface area contributed by atoms with Crippen LogP contribution < -0.4 is 4.90 Å². The first kappa shape index (κ1) is 19.2. The van der Waals surface area contributed by atoms with Gasteiger partial charge in [0.1, 0.15) is 12.1 Å². The van der Waals surface area contributed by atoms with Crippen molar-refractivity contribution >= 4 is 28.2 Å². The number of hydrogen-bond donors (Lipinski definition) is 0. The van der Waals surface area contributed by atoms with Crippen LogP contribution >= 0.6 is 11.3 Å². The summed E-state index contributed by atoms with van der Waals surface area (Å²) >= 11 is 1.81. The van der Waals surface area contributed by atoms with Gasteiger partial charge in [0, 0.05) is 31.6 Å². The van der Waals surface area contributed by atoms with Gasteiger partial charge in [-0.3, -0.25) is 4.90 Å². The zero-order valence-electron chi connectivity index (χ0n) is 16.9. The highest BCUT2D eigenvalue weighted by Gasteiger charge is 2.26. The fourth-order valence-corrected chi connectivity index (χ4v) is 4.85. The number of hydrogen-bond acceptors (Lipinski definition) is 7. The van der Waals surface area contributed by atoms with Crippen molar-refractivity contribution in [3.05, 3.63) is 65.2 Å². The van der Waals surface area contributed by atoms with Crippen molar-refractivity contribution in [2.75, 3.05) is 44.8 Å². The largest absolute Gasteiger partial charge is 0.379 e. The molecule has 154 valence electrons. The summed E-state index contributed by atoms with van der Waals surface area (Å²) in [5.41, 5.74) is 1.81. The Labute approximate surface area is 179 Å². The summed E-state index contributed by atoms with van der Waals surface area (Å²) in [6.07, 6.45) is 3.49. The van der Waals surface area contributed by atoms with Gasteiger partial charge in [0.2, 0.25) is 0 Å². The van der Waals surface area contributed by atoms with Crippen LogP contribution in [0.2, 0.25) is 0 Å². The summed E-state index contributed by atoms with van der Waals surface area (Å²) in [4.78, 5) is 15.2. The third-order valence-corrected chi connectivity index (χ3v) is 6.49. The summed E-state index contributed by atoms with van der Waals surface area (Å²) in [5, 5.41) is 7.69. The van der Waals surface area contributed by atoms with E-state index in [1.165, 1.54) is 4.88 Å². The van der Waals surface area contributed by atoms with Gasteiger partial charge in [-0.2, -0.15) is 5.10 Å². The van der Waals surface area contributed by atoms with Crippen molar-refractivity contribution in [2.45, 2.75) is 6.04 Å². The topological polar surface area (TPSA) is 59.3 Å². The number of likely N-dealkylation sites (N-methyl/N-ethyl adjacent to an activating group) is 1. The van der Waals surface area contributed by atoms with Crippen LogP contribution in [0.3, 0.4) is 0 Å². The van der Waals surface area contributed by atoms with Crippen LogP contribution in [0.25, 0.3) is 16.7 Å². The lowest BCUT2D eigenvalue weighted by Crippen LogP contribution is -2.43. The third-order valence-electron chi connectivity index (χ3n) is 5.51. The van der Waals surface area contributed by atoms with Crippen LogP contribution in [0.4, 0.5) is 5.82 Å². The summed E-state index contributed by atoms with van der Waals surface area (Å²) in [5.74, 6) is 0.900. The number of ether oxygens (including phenoxy) is 1. The standard InChI is InChI=1S/C22H24N6OS/c1-26(15-19(20-8-5-13-30-20)27-9-11-29-12-10-27)21-18-14-25-28(22(18)24-16-23-21)17-6-3-2-4-7-17/h2-8,13-14,16,19H,9-12,15H2,1H3. The molecule has 5 rings (SSSR count). The molecule has 7 nitrogen and oxygen atoms in total. The molecule has 0 aliphatic carbocycles. The SMILES string of the molecule is CN(CC(c1cccs1)N1CCOCC1)c1ncnc2c1cnn2-c1ccccc1. The molecule has 30 heavy (non-hydrogen) atoms. The Bertz CT molecular complexity index is 1090. The van der Waals surface area contributed by atoms with Gasteiger partial charge in [0.25, 0.3) is 0 Å². The molecule has 1 saturated heterocycles. The van der Waals surface area contributed by atoms with Crippen molar-refractivity contribution in [1.29, 1.82) is 0 Å². The van der Waals surface area contributed by atoms with E-state index in [-0.39, 0.29) is 0 Å². The van der Waals surface area contributed by atoms with E-state index in [2.05, 4.69) is 49.4 Å². The maximum Gasteiger partial charge on any atom is 0.168 e. The maximum atomic E-state index is 5.58. The molecule has 4 heterocycles. The van der Waals surface area contributed by atoms with Gasteiger partial charge in [-0.25, -0.2) is 14.6 Å². The molecule has 0 bridgehead atoms. The second-order valence-corrected chi connectivity index (χ2v) is 8.37. The minimum absolute atomic E-state index is 0.299. The number of anilines is 1. The molecular weight excluding hydrogens is 396 g/mol. The quantitative estimate of drug-likeness (QED) is 0.477. The Morgan fingerprint density at radius 1 is 1.10 bits per heavy atom. The monoisotopic (exact) mass is 420 g/mol. The number of rotatable bonds is 6. The lowest BCUT2D eigenvalue weighted by Gasteiger charge is -2.36. The van der Waals surface area contributed by atoms with Crippen LogP contribution in [-0.4, -0.2) is 64.5 Å². The van der Waals surface area contributed by atoms with E-state index in [4.69, 9.17) is 4.74 Å². The highest BCUT2D eigenvalue weighted by molar-refractivity contribution is 7.10. The molecule has 1 aliphatic rings. The molecule has 4 aromatic rings. The van der Waals surface area contributed by atoms with Crippen LogP contribution in [0.1, 0.15) is 10.9 Å². The van der Waals surface area contributed by atoms with E-state index in [0.717, 1.165) is 55.4 Å². The van der Waals surface area contributed by atoms with E-state index >= 15 is 0 Å². The van der Waals surface area contributed by atoms with Gasteiger partial charge in [0.05, 0.1) is 36.5 Å². The summed E-state index contributed by atoms with van der Waals surface area (Å²) in [6.45, 7) is 4.30. The molecule has 1 atom stereocenters. The average Bonchev–Trinajstić information content (AvgIpc) is 3.48. The lowest BCUT2D eigenvalue weighted by atomic mass is 10.1. The molecule has 1 aromatic carbocycles. The van der Waals surface area contributed by atoms with Crippen molar-refractivity contribution < 1.29 is 4.74 Å². The van der Waals surface area contributed by atoms with Crippen LogP contribution in [0.15, 0.2) is 60.4 Å². The Morgan fingerprint density at radius 3 is 2.70 bits per heavy atom. The average molecular weight is 421 g/mol. The first-order valence-electron chi connectivity index (χ1n) is 10.1. The van der Waals surface area contributed by atoms with E-state index in [1.54, 1.807) is 6.33 Å². The minimum atomic E-state index is 0.299. The van der Waals surface area contributed by atoms with Crippen molar-refractivity contribution in [2.24, 2.45) is 0 Å². The smallest absolute Gasteiger partial charge is 0.168 e. The van der Waals surface area contributed by atoms with E-state index < -0.39 is 0 Å². The van der Waals surface area contributed by atoms with E-state index in [1.807, 2.05) is 52.5 Å². The van der Waals surface area contributed by atoms with Crippen molar-refractivity contribution in [3.8, 4) is 5.69 Å². The van der Waals surface area contributed by atoms with Crippen LogP contribution in [0.5, 0.6) is 0 Å². The number of para-hydroxylation sites is 1. The molecule has 0 radical (unpaired) electrons. The molecule has 1 fully saturated rings. The van der Waals surface area contributed by atoms with Crippen molar-refractivity contribution in [3.63, 3.8) is 0 Å². The molecule has 0 saturated carbocycles. The Hall–Kier alpha value is -2.81. The van der Waals surface area contributed by atoms with Crippen LogP contribution in [-0.2, 0) is 4.74 Å². The first-order valence-corrected chi connectivity index (χ1v) is 11.0. The first-order chi connectivity index (χ1) is 14.8. The lowest BCUT2D eigenvalue weighted by molar-refractivity contribution is 0.0183. The molecule has 0 spiro atoms. The van der Waals surface area contributed by atoms with Crippen molar-refractivity contribution in [1.82, 2.24) is 24.6 Å². The van der Waals surface area contributed by atoms with Gasteiger partial charge in [-0.05, 0) is 23.6 Å². The molecule has 1 aliphatic heterocycles. The Balaban J connectivity index is 1.46. The second-order valence-electron chi connectivity index (χ2n) is 7.39. The number of thiophene rings is 1. The van der Waals surface area contributed by atoms with E-state index in [9.17, 15) is 0 Å². The van der Waals surface area contributed by atoms with Crippen LogP contribution in [0, 0.1) is 0 Å². The fourth-order valence-electron chi connectivity index (χ4n) is 4.00. The molecule has 0 amide bonds. The highest BCUT2D eigenvalue weighted by Crippen LogP contribution is 2.30. The number of nitrogens with zero attached hydrogens (tertiary/aromatic N) is 6. The third kappa shape index (κ3) is 3.69. The summed E-state index contributed by atoms with van der Waals surface area (Å²) in [7, 11) is 2.10. The molecule has 1 unspecified atom stereocenters. The van der Waals surface area contributed by atoms with E-state index in [0.29, 0.717) is 6.04 Å². The number of aromatic nitrogens is 4. The van der Waals surface area contributed by atoms with Gasteiger partial charge in [0.15, 0.2) is 5.65 Å². The Morgan fingerprint density at radius 2 is 1.93 bits per heavy atom. The highest BCUT2D eigenvalue weighted by atomic mass is 32.1. The number of morpholine rings is 1. The summed E-state index contributed by atoms with van der Waals surface area (Å²) < 4.78 is 7.44. The maximum absolute atomic E-state index is 5.58. The zero-order valence-corrected chi connectivity index (χ0v) is 17.7. The molecule has 0 N–H and O–H groups in total. The number of benzene rings is 1. The molecular formula is C22H24N6OS. The zero-order chi connectivity index (χ0) is 20.3. The Kier molecular flexibility index (Phi) is 5.44. The number of fused-ring (bicyclic) bond motifs is 1. The van der Waals surface area contributed by atoms with Gasteiger partial charge < -0.3 is 9.64 Å². The second kappa shape index (κ2) is 8.51. The predicted molar refractivity (Wildman–Crippen MR) is 119 cm³/mol. The van der Waals surface area contributed by atoms with Gasteiger partial charge >= 0.3 is 0 Å². The molecule has 3 aromatic heterocycles. The normalized spacial score (nSPS) is 16.0. The predicted octanol–water partition coefficient (Wildman–Crippen LogP) is 3.39. The molecule has 8 heteroatoms. The minimum Gasteiger partial charge on any atom is -0.379 e. The van der Waals surface area contributed by atoms with Gasteiger partial charge in [-0.15, -0.1) is 11.3 Å². The summed E-state index contributed by atoms with van der Waals surface area (Å²) in [6, 6.07) is 14.7.